The van der Waals surface area contributed by atoms with Gasteiger partial charge in [0.25, 0.3) is 0 Å². The summed E-state index contributed by atoms with van der Waals surface area (Å²) in [6, 6.07) is 0.370. The number of nitrogens with zero attached hydrogens (tertiary/aromatic N) is 2. The number of likely N-dealkylation sites (N-methyl/N-ethyl adjacent to an activating group) is 1. The molecule has 0 saturated carbocycles. The Bertz CT molecular complexity index is 407. The van der Waals surface area contributed by atoms with E-state index in [1.54, 1.807) is 4.90 Å². The Hall–Kier alpha value is -1.36. The van der Waals surface area contributed by atoms with E-state index in [0.717, 1.165) is 19.5 Å². The molecular weight excluding hydrogens is 256 g/mol. The molecule has 5 nitrogen and oxygen atoms in total. The maximum absolute atomic E-state index is 12.6. The molecule has 1 heterocycles. The van der Waals surface area contributed by atoms with Gasteiger partial charge in [0.05, 0.1) is 0 Å². The average Bonchev–Trinajstić information content (AvgIpc) is 3.09. The van der Waals surface area contributed by atoms with Gasteiger partial charge in [-0.25, -0.2) is 0 Å². The van der Waals surface area contributed by atoms with Crippen molar-refractivity contribution in [2.75, 3.05) is 26.2 Å². The maximum atomic E-state index is 12.6. The molecule has 1 atom stereocenters. The van der Waals surface area contributed by atoms with E-state index in [9.17, 15) is 14.7 Å². The predicted molar refractivity (Wildman–Crippen MR) is 76.3 cm³/mol. The zero-order chi connectivity index (χ0) is 14.8. The number of rotatable bonds is 5. The van der Waals surface area contributed by atoms with Crippen molar-refractivity contribution < 1.29 is 14.7 Å². The van der Waals surface area contributed by atoms with Crippen molar-refractivity contribution >= 4 is 11.9 Å². The fraction of sp³-hybridized carbons (Fsp3) is 0.733. The third-order valence-electron chi connectivity index (χ3n) is 4.70. The van der Waals surface area contributed by atoms with Crippen molar-refractivity contribution in [2.45, 2.75) is 39.2 Å². The van der Waals surface area contributed by atoms with E-state index in [1.807, 2.05) is 12.2 Å². The number of hydrogen-bond acceptors (Lipinski definition) is 3. The summed E-state index contributed by atoms with van der Waals surface area (Å²) in [6.07, 6.45) is 5.21. The van der Waals surface area contributed by atoms with Crippen LogP contribution in [-0.2, 0) is 9.59 Å². The molecule has 0 aromatic carbocycles. The van der Waals surface area contributed by atoms with E-state index in [2.05, 4.69) is 18.7 Å². The van der Waals surface area contributed by atoms with Gasteiger partial charge in [0.2, 0.25) is 5.91 Å². The number of likely N-dealkylation sites (tertiary alicyclic amines) is 1. The van der Waals surface area contributed by atoms with E-state index in [4.69, 9.17) is 0 Å². The highest BCUT2D eigenvalue weighted by Crippen LogP contribution is 2.36. The van der Waals surface area contributed by atoms with Gasteiger partial charge in [-0.3, -0.25) is 14.5 Å². The summed E-state index contributed by atoms with van der Waals surface area (Å²) in [5.41, 5.74) is -1.24. The van der Waals surface area contributed by atoms with Crippen LogP contribution in [0.4, 0.5) is 0 Å². The summed E-state index contributed by atoms with van der Waals surface area (Å²) in [4.78, 5) is 28.3. The first kappa shape index (κ1) is 15.0. The minimum atomic E-state index is -1.24. The molecule has 1 saturated heterocycles. The summed E-state index contributed by atoms with van der Waals surface area (Å²) < 4.78 is 0. The third-order valence-corrected chi connectivity index (χ3v) is 4.70. The predicted octanol–water partition coefficient (Wildman–Crippen LogP) is 1.35. The summed E-state index contributed by atoms with van der Waals surface area (Å²) in [6.45, 7) is 7.51. The number of carbonyl (C=O) groups is 2. The van der Waals surface area contributed by atoms with Crippen molar-refractivity contribution in [1.29, 1.82) is 0 Å². The number of carbonyl (C=O) groups excluding carboxylic acids is 1. The maximum Gasteiger partial charge on any atom is 0.319 e. The van der Waals surface area contributed by atoms with Gasteiger partial charge in [-0.2, -0.15) is 0 Å². The van der Waals surface area contributed by atoms with Gasteiger partial charge < -0.3 is 10.0 Å². The molecule has 0 bridgehead atoms. The SMILES string of the molecule is CCN(CC)C1CCN(C(=O)C2(C(=O)O)CC=CC2)C1. The second-order valence-electron chi connectivity index (χ2n) is 5.68. The minimum Gasteiger partial charge on any atom is -0.480 e. The molecule has 112 valence electrons. The highest BCUT2D eigenvalue weighted by molar-refractivity contribution is 6.02. The van der Waals surface area contributed by atoms with E-state index in [0.29, 0.717) is 32.0 Å². The molecular formula is C15H24N2O3. The van der Waals surface area contributed by atoms with Gasteiger partial charge in [-0.05, 0) is 32.4 Å². The molecule has 1 N–H and O–H groups in total. The average molecular weight is 280 g/mol. The molecule has 1 unspecified atom stereocenters. The standard InChI is InChI=1S/C15H24N2O3/c1-3-16(4-2)12-7-10-17(11-12)13(18)15(14(19)20)8-5-6-9-15/h5-6,12H,3-4,7-11H2,1-2H3,(H,19,20). The second kappa shape index (κ2) is 5.95. The normalized spacial score (nSPS) is 24.6. The molecule has 2 rings (SSSR count). The first-order valence-corrected chi connectivity index (χ1v) is 7.47. The third kappa shape index (κ3) is 2.46. The van der Waals surface area contributed by atoms with Gasteiger partial charge >= 0.3 is 5.97 Å². The van der Waals surface area contributed by atoms with Crippen molar-refractivity contribution in [3.05, 3.63) is 12.2 Å². The Kier molecular flexibility index (Phi) is 4.48. The highest BCUT2D eigenvalue weighted by Gasteiger charge is 2.49. The van der Waals surface area contributed by atoms with Crippen LogP contribution in [0.25, 0.3) is 0 Å². The van der Waals surface area contributed by atoms with Crippen molar-refractivity contribution in [2.24, 2.45) is 5.41 Å². The van der Waals surface area contributed by atoms with Crippen LogP contribution < -0.4 is 0 Å². The lowest BCUT2D eigenvalue weighted by Crippen LogP contribution is -2.47. The lowest BCUT2D eigenvalue weighted by Gasteiger charge is -2.30. The zero-order valence-electron chi connectivity index (χ0n) is 12.3. The van der Waals surface area contributed by atoms with Gasteiger partial charge in [-0.15, -0.1) is 0 Å². The van der Waals surface area contributed by atoms with Crippen LogP contribution in [0, 0.1) is 5.41 Å². The van der Waals surface area contributed by atoms with Crippen molar-refractivity contribution in [3.63, 3.8) is 0 Å². The van der Waals surface area contributed by atoms with Crippen molar-refractivity contribution in [3.8, 4) is 0 Å². The molecule has 2 aliphatic rings. The van der Waals surface area contributed by atoms with Crippen LogP contribution in [-0.4, -0.2) is 59.0 Å². The molecule has 1 fully saturated rings. The first-order valence-electron chi connectivity index (χ1n) is 7.47. The molecule has 1 amide bonds. The van der Waals surface area contributed by atoms with E-state index < -0.39 is 11.4 Å². The number of hydrogen-bond donors (Lipinski definition) is 1. The number of aliphatic carboxylic acids is 1. The smallest absolute Gasteiger partial charge is 0.319 e. The molecule has 0 radical (unpaired) electrons. The van der Waals surface area contributed by atoms with Crippen LogP contribution in [0.5, 0.6) is 0 Å². The van der Waals surface area contributed by atoms with E-state index in [1.165, 1.54) is 0 Å². The van der Waals surface area contributed by atoms with Crippen molar-refractivity contribution in [1.82, 2.24) is 9.80 Å². The fourth-order valence-electron chi connectivity index (χ4n) is 3.36. The van der Waals surface area contributed by atoms with E-state index >= 15 is 0 Å². The Morgan fingerprint density at radius 1 is 1.30 bits per heavy atom. The van der Waals surface area contributed by atoms with Crippen LogP contribution in [0.15, 0.2) is 12.2 Å². The number of amides is 1. The Morgan fingerprint density at radius 2 is 1.90 bits per heavy atom. The van der Waals surface area contributed by atoms with Gasteiger partial charge in [-0.1, -0.05) is 26.0 Å². The molecule has 1 aliphatic carbocycles. The zero-order valence-corrected chi connectivity index (χ0v) is 12.3. The second-order valence-corrected chi connectivity index (χ2v) is 5.68. The summed E-state index contributed by atoms with van der Waals surface area (Å²) in [7, 11) is 0. The lowest BCUT2D eigenvalue weighted by atomic mass is 9.84. The molecule has 5 heteroatoms. The van der Waals surface area contributed by atoms with Gasteiger partial charge in [0, 0.05) is 19.1 Å². The van der Waals surface area contributed by atoms with E-state index in [-0.39, 0.29) is 5.91 Å². The Labute approximate surface area is 120 Å². The Balaban J connectivity index is 2.06. The topological polar surface area (TPSA) is 60.9 Å². The summed E-state index contributed by atoms with van der Waals surface area (Å²) in [5.74, 6) is -1.19. The highest BCUT2D eigenvalue weighted by atomic mass is 16.4. The summed E-state index contributed by atoms with van der Waals surface area (Å²) in [5, 5.41) is 9.46. The summed E-state index contributed by atoms with van der Waals surface area (Å²) >= 11 is 0. The fourth-order valence-corrected chi connectivity index (χ4v) is 3.36. The molecule has 1 aliphatic heterocycles. The van der Waals surface area contributed by atoms with Gasteiger partial charge in [0.1, 0.15) is 0 Å². The molecule has 20 heavy (non-hydrogen) atoms. The van der Waals surface area contributed by atoms with Crippen LogP contribution in [0.3, 0.4) is 0 Å². The molecule has 0 aromatic rings. The number of allylic oxidation sites excluding steroid dienone is 2. The largest absolute Gasteiger partial charge is 0.480 e. The number of carboxylic acid groups (broad SMARTS) is 1. The van der Waals surface area contributed by atoms with Gasteiger partial charge in [0.15, 0.2) is 5.41 Å². The number of carboxylic acids is 1. The van der Waals surface area contributed by atoms with Crippen LogP contribution >= 0.6 is 0 Å². The molecule has 0 spiro atoms. The molecule has 0 aromatic heterocycles. The quantitative estimate of drug-likeness (QED) is 0.610. The lowest BCUT2D eigenvalue weighted by molar-refractivity contribution is -0.159. The first-order chi connectivity index (χ1) is 9.55. The van der Waals surface area contributed by atoms with Crippen LogP contribution in [0.1, 0.15) is 33.1 Å². The Morgan fingerprint density at radius 3 is 2.40 bits per heavy atom. The van der Waals surface area contributed by atoms with Crippen LogP contribution in [0.2, 0.25) is 0 Å². The monoisotopic (exact) mass is 280 g/mol. The minimum absolute atomic E-state index is 0.204.